The van der Waals surface area contributed by atoms with E-state index in [1.165, 1.54) is 12.1 Å². The summed E-state index contributed by atoms with van der Waals surface area (Å²) in [6.45, 7) is 0.0735. The van der Waals surface area contributed by atoms with E-state index in [0.29, 0.717) is 5.46 Å². The van der Waals surface area contributed by atoms with E-state index >= 15 is 0 Å². The van der Waals surface area contributed by atoms with E-state index in [4.69, 9.17) is 21.6 Å². The SMILES string of the molecule is O=C(Cl)OCc1ccc(B(O)O)cc1. The van der Waals surface area contributed by atoms with Crippen molar-refractivity contribution in [3.8, 4) is 0 Å². The van der Waals surface area contributed by atoms with Crippen LogP contribution in [0.3, 0.4) is 0 Å². The van der Waals surface area contributed by atoms with Gasteiger partial charge in [-0.2, -0.15) is 0 Å². The van der Waals surface area contributed by atoms with Crippen LogP contribution in [0.25, 0.3) is 0 Å². The van der Waals surface area contributed by atoms with Gasteiger partial charge in [0.05, 0.1) is 0 Å². The summed E-state index contributed by atoms with van der Waals surface area (Å²) in [6, 6.07) is 6.30. The number of carbonyl (C=O) groups excluding carboxylic acids is 1. The number of benzene rings is 1. The van der Waals surface area contributed by atoms with Gasteiger partial charge < -0.3 is 14.8 Å². The average molecular weight is 214 g/mol. The first kappa shape index (κ1) is 11.0. The fourth-order valence-electron chi connectivity index (χ4n) is 0.926. The lowest BCUT2D eigenvalue weighted by Crippen LogP contribution is -2.29. The van der Waals surface area contributed by atoms with Gasteiger partial charge in [0.2, 0.25) is 0 Å². The molecule has 4 nitrogen and oxygen atoms in total. The third-order valence-electron chi connectivity index (χ3n) is 1.63. The third-order valence-corrected chi connectivity index (χ3v) is 1.74. The van der Waals surface area contributed by atoms with Gasteiger partial charge >= 0.3 is 12.5 Å². The first-order valence-electron chi connectivity index (χ1n) is 3.87. The summed E-state index contributed by atoms with van der Waals surface area (Å²) in [5.74, 6) is 0. The molecule has 2 N–H and O–H groups in total. The van der Waals surface area contributed by atoms with Gasteiger partial charge in [-0.15, -0.1) is 0 Å². The smallest absolute Gasteiger partial charge is 0.449 e. The van der Waals surface area contributed by atoms with Gasteiger partial charge in [-0.3, -0.25) is 0 Å². The number of hydrogen-bond acceptors (Lipinski definition) is 4. The molecule has 0 spiro atoms. The molecule has 0 atom stereocenters. The van der Waals surface area contributed by atoms with Gasteiger partial charge in [-0.25, -0.2) is 4.79 Å². The summed E-state index contributed by atoms with van der Waals surface area (Å²) in [5.41, 5.74) is 0.241. The molecule has 0 bridgehead atoms. The average Bonchev–Trinajstić information content (AvgIpc) is 2.15. The standard InChI is InChI=1S/C8H8BClO4/c10-8(11)14-5-6-1-3-7(4-2-6)9(12)13/h1-4,12-13H,5H2. The predicted octanol–water partition coefficient (Wildman–Crippen LogP) is 0.242. The molecule has 14 heavy (non-hydrogen) atoms. The molecule has 0 saturated heterocycles. The van der Waals surface area contributed by atoms with E-state index in [9.17, 15) is 4.79 Å². The first-order chi connectivity index (χ1) is 6.59. The molecule has 0 aliphatic rings. The van der Waals surface area contributed by atoms with E-state index in [1.54, 1.807) is 12.1 Å². The van der Waals surface area contributed by atoms with Crippen LogP contribution in [0.4, 0.5) is 4.79 Å². The zero-order valence-electron chi connectivity index (χ0n) is 7.18. The zero-order chi connectivity index (χ0) is 10.6. The van der Waals surface area contributed by atoms with Crippen molar-refractivity contribution in [2.24, 2.45) is 0 Å². The molecule has 1 aromatic rings. The Labute approximate surface area is 86.2 Å². The maximum absolute atomic E-state index is 10.3. The van der Waals surface area contributed by atoms with Gasteiger partial charge in [0.25, 0.3) is 0 Å². The number of halogens is 1. The second-order valence-electron chi connectivity index (χ2n) is 2.64. The first-order valence-corrected chi connectivity index (χ1v) is 4.24. The lowest BCUT2D eigenvalue weighted by molar-refractivity contribution is 0.167. The van der Waals surface area contributed by atoms with Crippen molar-refractivity contribution in [1.82, 2.24) is 0 Å². The van der Waals surface area contributed by atoms with Crippen molar-refractivity contribution >= 4 is 29.6 Å². The molecule has 0 aromatic heterocycles. The van der Waals surface area contributed by atoms with Crippen LogP contribution >= 0.6 is 11.6 Å². The van der Waals surface area contributed by atoms with E-state index in [-0.39, 0.29) is 6.61 Å². The van der Waals surface area contributed by atoms with E-state index < -0.39 is 12.5 Å². The van der Waals surface area contributed by atoms with Crippen LogP contribution in [0.2, 0.25) is 0 Å². The molecule has 0 heterocycles. The summed E-state index contributed by atoms with van der Waals surface area (Å²) in [6.07, 6.45) is 0. The Morgan fingerprint density at radius 3 is 2.36 bits per heavy atom. The Bertz CT molecular complexity index is 312. The highest BCUT2D eigenvalue weighted by Gasteiger charge is 2.09. The summed E-state index contributed by atoms with van der Waals surface area (Å²) < 4.78 is 4.53. The Morgan fingerprint density at radius 1 is 1.36 bits per heavy atom. The van der Waals surface area contributed by atoms with Crippen molar-refractivity contribution in [3.05, 3.63) is 29.8 Å². The van der Waals surface area contributed by atoms with E-state index in [1.807, 2.05) is 0 Å². The minimum Gasteiger partial charge on any atom is -0.449 e. The quantitative estimate of drug-likeness (QED) is 0.559. The fraction of sp³-hybridized carbons (Fsp3) is 0.125. The highest BCUT2D eigenvalue weighted by atomic mass is 35.5. The molecule has 0 aliphatic carbocycles. The normalized spacial score (nSPS) is 9.64. The minimum absolute atomic E-state index is 0.0735. The van der Waals surface area contributed by atoms with Gasteiger partial charge in [0.15, 0.2) is 0 Å². The Hall–Kier alpha value is -1.04. The predicted molar refractivity (Wildman–Crippen MR) is 52.3 cm³/mol. The second kappa shape index (κ2) is 5.00. The van der Waals surface area contributed by atoms with Crippen molar-refractivity contribution in [1.29, 1.82) is 0 Å². The minimum atomic E-state index is -1.49. The summed E-state index contributed by atoms with van der Waals surface area (Å²) >= 11 is 4.97. The summed E-state index contributed by atoms with van der Waals surface area (Å²) in [5, 5.41) is 17.6. The maximum Gasteiger partial charge on any atom is 0.488 e. The molecule has 0 saturated carbocycles. The van der Waals surface area contributed by atoms with Gasteiger partial charge in [-0.05, 0) is 11.0 Å². The summed E-state index contributed by atoms with van der Waals surface area (Å²) in [7, 11) is -1.49. The largest absolute Gasteiger partial charge is 0.488 e. The highest BCUT2D eigenvalue weighted by Crippen LogP contribution is 2.01. The zero-order valence-corrected chi connectivity index (χ0v) is 7.94. The van der Waals surface area contributed by atoms with Crippen molar-refractivity contribution < 1.29 is 19.6 Å². The lowest BCUT2D eigenvalue weighted by atomic mass is 9.80. The van der Waals surface area contributed by atoms with Crippen LogP contribution in [-0.4, -0.2) is 22.6 Å². The molecule has 0 fully saturated rings. The Kier molecular flexibility index (Phi) is 3.94. The number of carbonyl (C=O) groups is 1. The summed E-state index contributed by atoms with van der Waals surface area (Å²) in [4.78, 5) is 10.3. The van der Waals surface area contributed by atoms with E-state index in [2.05, 4.69) is 4.74 Å². The van der Waals surface area contributed by atoms with Gasteiger partial charge in [0.1, 0.15) is 6.61 Å². The Balaban J connectivity index is 2.59. The molecule has 6 heteroatoms. The van der Waals surface area contributed by atoms with Crippen molar-refractivity contribution in [2.45, 2.75) is 6.61 Å². The molecule has 74 valence electrons. The monoisotopic (exact) mass is 214 g/mol. The van der Waals surface area contributed by atoms with Crippen LogP contribution in [0.1, 0.15) is 5.56 Å². The highest BCUT2D eigenvalue weighted by molar-refractivity contribution is 6.61. The molecule has 0 amide bonds. The topological polar surface area (TPSA) is 66.8 Å². The molecule has 0 unspecified atom stereocenters. The van der Waals surface area contributed by atoms with Crippen LogP contribution in [0.5, 0.6) is 0 Å². The van der Waals surface area contributed by atoms with Crippen molar-refractivity contribution in [3.63, 3.8) is 0 Å². The molecular formula is C8H8BClO4. The lowest BCUT2D eigenvalue weighted by Gasteiger charge is -2.02. The van der Waals surface area contributed by atoms with Crippen LogP contribution in [-0.2, 0) is 11.3 Å². The molecular weight excluding hydrogens is 206 g/mol. The molecule has 0 aliphatic heterocycles. The van der Waals surface area contributed by atoms with Crippen LogP contribution < -0.4 is 5.46 Å². The molecule has 1 rings (SSSR count). The van der Waals surface area contributed by atoms with Gasteiger partial charge in [-0.1, -0.05) is 24.3 Å². The number of ether oxygens (including phenoxy) is 1. The Morgan fingerprint density at radius 2 is 1.93 bits per heavy atom. The molecule has 1 aromatic carbocycles. The van der Waals surface area contributed by atoms with E-state index in [0.717, 1.165) is 5.56 Å². The number of rotatable bonds is 3. The number of hydrogen-bond donors (Lipinski definition) is 2. The maximum atomic E-state index is 10.3. The third kappa shape index (κ3) is 3.37. The fourth-order valence-corrected chi connectivity index (χ4v) is 0.981. The molecule has 0 radical (unpaired) electrons. The van der Waals surface area contributed by atoms with Crippen molar-refractivity contribution in [2.75, 3.05) is 0 Å². The van der Waals surface area contributed by atoms with Crippen LogP contribution in [0.15, 0.2) is 24.3 Å². The second-order valence-corrected chi connectivity index (χ2v) is 2.95. The van der Waals surface area contributed by atoms with Crippen LogP contribution in [0, 0.1) is 0 Å². The van der Waals surface area contributed by atoms with Gasteiger partial charge in [0, 0.05) is 11.6 Å².